The predicted molar refractivity (Wildman–Crippen MR) is 68.5 cm³/mol. The fourth-order valence-corrected chi connectivity index (χ4v) is 2.10. The quantitative estimate of drug-likeness (QED) is 0.847. The molecule has 0 amide bonds. The number of hydrogen-bond acceptors (Lipinski definition) is 3. The minimum atomic E-state index is 0.453. The maximum Gasteiger partial charge on any atom is 0.118 e. The highest BCUT2D eigenvalue weighted by Crippen LogP contribution is 2.13. The molecule has 1 aromatic carbocycles. The molecule has 3 heteroatoms. The molecular weight excluding hydrogens is 214 g/mol. The molecule has 0 unspecified atom stereocenters. The highest BCUT2D eigenvalue weighted by Gasteiger charge is 2.12. The van der Waals surface area contributed by atoms with Crippen LogP contribution in [0.3, 0.4) is 0 Å². The van der Waals surface area contributed by atoms with Gasteiger partial charge in [0.25, 0.3) is 0 Å². The lowest BCUT2D eigenvalue weighted by molar-refractivity contribution is 0.0349. The Kier molecular flexibility index (Phi) is 4.83. The summed E-state index contributed by atoms with van der Waals surface area (Å²) < 4.78 is 11.0. The van der Waals surface area contributed by atoms with Crippen LogP contribution in [0.15, 0.2) is 24.3 Å². The maximum atomic E-state index is 5.87. The molecule has 17 heavy (non-hydrogen) atoms. The van der Waals surface area contributed by atoms with Crippen molar-refractivity contribution in [2.75, 3.05) is 26.8 Å². The maximum absolute atomic E-state index is 5.87. The van der Waals surface area contributed by atoms with Gasteiger partial charge in [-0.15, -0.1) is 0 Å². The number of rotatable bonds is 5. The van der Waals surface area contributed by atoms with Crippen LogP contribution in [-0.2, 0) is 11.2 Å². The van der Waals surface area contributed by atoms with Gasteiger partial charge in [-0.1, -0.05) is 12.1 Å². The van der Waals surface area contributed by atoms with Gasteiger partial charge in [-0.25, -0.2) is 0 Å². The average molecular weight is 235 g/mol. The van der Waals surface area contributed by atoms with Crippen LogP contribution in [0.1, 0.15) is 18.4 Å². The lowest BCUT2D eigenvalue weighted by atomic mass is 10.1. The molecule has 1 fully saturated rings. The minimum absolute atomic E-state index is 0.453. The van der Waals surface area contributed by atoms with Crippen molar-refractivity contribution in [1.29, 1.82) is 0 Å². The average Bonchev–Trinajstić information content (AvgIpc) is 2.41. The van der Waals surface area contributed by atoms with Gasteiger partial charge in [0.15, 0.2) is 0 Å². The van der Waals surface area contributed by atoms with Crippen molar-refractivity contribution in [2.24, 2.45) is 0 Å². The lowest BCUT2D eigenvalue weighted by Gasteiger charge is -2.22. The number of nitrogens with one attached hydrogen (secondary N) is 1. The molecule has 1 aliphatic heterocycles. The highest BCUT2D eigenvalue weighted by atomic mass is 16.5. The molecular formula is C14H21NO2. The van der Waals surface area contributed by atoms with Crippen LogP contribution in [0.2, 0.25) is 0 Å². The van der Waals surface area contributed by atoms with Crippen molar-refractivity contribution < 1.29 is 9.47 Å². The Balaban J connectivity index is 1.69. The molecule has 0 saturated carbocycles. The van der Waals surface area contributed by atoms with E-state index in [4.69, 9.17) is 9.47 Å². The second-order valence-electron chi connectivity index (χ2n) is 4.42. The number of benzene rings is 1. The first-order valence-corrected chi connectivity index (χ1v) is 6.34. The van der Waals surface area contributed by atoms with Gasteiger partial charge in [-0.05, 0) is 50.0 Å². The molecule has 3 nitrogen and oxygen atoms in total. The third kappa shape index (κ3) is 4.02. The summed E-state index contributed by atoms with van der Waals surface area (Å²) in [6, 6.07) is 8.20. The van der Waals surface area contributed by atoms with Gasteiger partial charge < -0.3 is 14.8 Å². The van der Waals surface area contributed by atoms with E-state index in [1.165, 1.54) is 5.56 Å². The van der Waals surface area contributed by atoms with E-state index in [2.05, 4.69) is 17.4 Å². The number of ether oxygens (including phenoxy) is 2. The molecule has 1 aliphatic rings. The van der Waals surface area contributed by atoms with E-state index in [-0.39, 0.29) is 0 Å². The number of methoxy groups -OCH3 is 1. The van der Waals surface area contributed by atoms with Crippen LogP contribution < -0.4 is 10.1 Å². The zero-order valence-electron chi connectivity index (χ0n) is 10.4. The first kappa shape index (κ1) is 12.4. The van der Waals surface area contributed by atoms with E-state index in [0.29, 0.717) is 6.10 Å². The zero-order chi connectivity index (χ0) is 11.9. The predicted octanol–water partition coefficient (Wildman–Crippen LogP) is 2.01. The molecule has 0 spiro atoms. The fourth-order valence-electron chi connectivity index (χ4n) is 2.10. The van der Waals surface area contributed by atoms with Crippen molar-refractivity contribution in [2.45, 2.75) is 25.4 Å². The standard InChI is InChI=1S/C14H21NO2/c1-16-13-4-2-12(3-5-13)8-11-17-14-6-9-15-10-7-14/h2-5,14-15H,6-11H2,1H3. The fraction of sp³-hybridized carbons (Fsp3) is 0.571. The molecule has 1 aromatic rings. The van der Waals surface area contributed by atoms with Crippen LogP contribution in [0.4, 0.5) is 0 Å². The third-order valence-electron chi connectivity index (χ3n) is 3.19. The van der Waals surface area contributed by atoms with Gasteiger partial charge in [0.1, 0.15) is 5.75 Å². The summed E-state index contributed by atoms with van der Waals surface area (Å²) >= 11 is 0. The van der Waals surface area contributed by atoms with Crippen molar-refractivity contribution in [3.8, 4) is 5.75 Å². The molecule has 0 atom stereocenters. The molecule has 94 valence electrons. The number of piperidine rings is 1. The molecule has 2 rings (SSSR count). The summed E-state index contributed by atoms with van der Waals surface area (Å²) in [7, 11) is 1.69. The van der Waals surface area contributed by atoms with Gasteiger partial charge in [-0.2, -0.15) is 0 Å². The molecule has 0 bridgehead atoms. The SMILES string of the molecule is COc1ccc(CCOC2CCNCC2)cc1. The van der Waals surface area contributed by atoms with Gasteiger partial charge in [-0.3, -0.25) is 0 Å². The first-order chi connectivity index (χ1) is 8.38. The molecule has 0 aromatic heterocycles. The highest BCUT2D eigenvalue weighted by molar-refractivity contribution is 5.27. The molecule has 0 aliphatic carbocycles. The van der Waals surface area contributed by atoms with Crippen LogP contribution >= 0.6 is 0 Å². The largest absolute Gasteiger partial charge is 0.497 e. The van der Waals surface area contributed by atoms with Crippen molar-refractivity contribution in [1.82, 2.24) is 5.32 Å². The first-order valence-electron chi connectivity index (χ1n) is 6.34. The Morgan fingerprint density at radius 1 is 1.18 bits per heavy atom. The van der Waals surface area contributed by atoms with E-state index in [1.807, 2.05) is 12.1 Å². The van der Waals surface area contributed by atoms with Gasteiger partial charge in [0.2, 0.25) is 0 Å². The summed E-state index contributed by atoms with van der Waals surface area (Å²) in [6.45, 7) is 3.00. The third-order valence-corrected chi connectivity index (χ3v) is 3.19. The Morgan fingerprint density at radius 2 is 1.88 bits per heavy atom. The summed E-state index contributed by atoms with van der Waals surface area (Å²) in [4.78, 5) is 0. The summed E-state index contributed by atoms with van der Waals surface area (Å²) in [5, 5.41) is 3.34. The van der Waals surface area contributed by atoms with E-state index >= 15 is 0 Å². The van der Waals surface area contributed by atoms with Crippen LogP contribution in [0.5, 0.6) is 5.75 Å². The summed E-state index contributed by atoms with van der Waals surface area (Å²) in [6.07, 6.45) is 3.72. The van der Waals surface area contributed by atoms with Crippen LogP contribution in [-0.4, -0.2) is 32.9 Å². The molecule has 1 N–H and O–H groups in total. The molecule has 0 radical (unpaired) electrons. The van der Waals surface area contributed by atoms with Gasteiger partial charge in [0, 0.05) is 0 Å². The minimum Gasteiger partial charge on any atom is -0.497 e. The second-order valence-corrected chi connectivity index (χ2v) is 4.42. The van der Waals surface area contributed by atoms with E-state index in [0.717, 1.165) is 44.7 Å². The molecule has 1 heterocycles. The topological polar surface area (TPSA) is 30.5 Å². The summed E-state index contributed by atoms with van der Waals surface area (Å²) in [5.74, 6) is 0.910. The van der Waals surface area contributed by atoms with Gasteiger partial charge in [0.05, 0.1) is 19.8 Å². The Hall–Kier alpha value is -1.06. The van der Waals surface area contributed by atoms with Crippen molar-refractivity contribution in [3.05, 3.63) is 29.8 Å². The van der Waals surface area contributed by atoms with E-state index < -0.39 is 0 Å². The molecule has 1 saturated heterocycles. The van der Waals surface area contributed by atoms with Crippen LogP contribution in [0.25, 0.3) is 0 Å². The Morgan fingerprint density at radius 3 is 2.53 bits per heavy atom. The van der Waals surface area contributed by atoms with Gasteiger partial charge >= 0.3 is 0 Å². The summed E-state index contributed by atoms with van der Waals surface area (Å²) in [5.41, 5.74) is 1.31. The Bertz CT molecular complexity index is 317. The van der Waals surface area contributed by atoms with Crippen LogP contribution in [0, 0.1) is 0 Å². The number of hydrogen-bond donors (Lipinski definition) is 1. The normalized spacial score (nSPS) is 17.0. The van der Waals surface area contributed by atoms with Crippen molar-refractivity contribution in [3.63, 3.8) is 0 Å². The van der Waals surface area contributed by atoms with E-state index in [1.54, 1.807) is 7.11 Å². The van der Waals surface area contributed by atoms with E-state index in [9.17, 15) is 0 Å². The Labute approximate surface area is 103 Å². The zero-order valence-corrected chi connectivity index (χ0v) is 10.4. The lowest BCUT2D eigenvalue weighted by Crippen LogP contribution is -2.32. The second kappa shape index (κ2) is 6.62. The van der Waals surface area contributed by atoms with Crippen molar-refractivity contribution >= 4 is 0 Å². The monoisotopic (exact) mass is 235 g/mol. The smallest absolute Gasteiger partial charge is 0.118 e.